The van der Waals surface area contributed by atoms with Crippen LogP contribution >= 0.6 is 7.60 Å². The van der Waals surface area contributed by atoms with Crippen LogP contribution in [0, 0.1) is 0 Å². The van der Waals surface area contributed by atoms with Crippen molar-refractivity contribution in [2.75, 3.05) is 19.8 Å². The molecule has 0 aromatic rings. The Balaban J connectivity index is -0.00000312. The third kappa shape index (κ3) is 24.9. The number of hydrogen-bond acceptors (Lipinski definition) is 5. The predicted octanol–water partition coefficient (Wildman–Crippen LogP) is -4.38. The van der Waals surface area contributed by atoms with Crippen LogP contribution in [0.4, 0.5) is 0 Å². The molecule has 152 valence electrons. The maximum absolute atomic E-state index is 11.2. The molecule has 0 atom stereocenters. The summed E-state index contributed by atoms with van der Waals surface area (Å²) in [6.45, 7) is 0.515. The zero-order chi connectivity index (χ0) is 19.7. The molecule has 2 N–H and O–H groups in total. The van der Waals surface area contributed by atoms with Gasteiger partial charge < -0.3 is 25.0 Å². The number of rotatable bonds is 15. The maximum Gasteiger partial charge on any atom is 1.00 e. The van der Waals surface area contributed by atoms with Crippen LogP contribution in [0.1, 0.15) is 70.6 Å². The van der Waals surface area contributed by atoms with Gasteiger partial charge in [-0.05, 0) is 44.7 Å². The third-order valence-corrected chi connectivity index (χ3v) is 4.85. The van der Waals surface area contributed by atoms with Gasteiger partial charge in [-0.3, -0.25) is 9.59 Å². The van der Waals surface area contributed by atoms with Crippen molar-refractivity contribution in [3.8, 4) is 0 Å². The van der Waals surface area contributed by atoms with E-state index >= 15 is 0 Å². The number of hydrogen-bond donors (Lipinski definition) is 2. The van der Waals surface area contributed by atoms with Crippen LogP contribution in [0.5, 0.6) is 0 Å². The number of carbonyl (C=O) groups is 2. The molecule has 0 fully saturated rings. The third-order valence-electron chi connectivity index (χ3n) is 3.99. The van der Waals surface area contributed by atoms with E-state index in [0.29, 0.717) is 13.0 Å². The van der Waals surface area contributed by atoms with Crippen molar-refractivity contribution in [3.63, 3.8) is 0 Å². The summed E-state index contributed by atoms with van der Waals surface area (Å²) in [5.41, 5.74) is 0. The molecular weight excluding hydrogens is 401 g/mol. The van der Waals surface area contributed by atoms with E-state index in [0.717, 1.165) is 64.2 Å². The van der Waals surface area contributed by atoms with Crippen LogP contribution in [0.3, 0.4) is 0 Å². The molecule has 0 unspecified atom stereocenters. The van der Waals surface area contributed by atoms with E-state index in [4.69, 9.17) is 0 Å². The number of carbonyl (C=O) groups excluding carboxylic acids is 2. The Morgan fingerprint density at radius 3 is 1.75 bits per heavy atom. The maximum atomic E-state index is 11.2. The average molecular weight is 434 g/mol. The monoisotopic (exact) mass is 434 g/mol. The summed E-state index contributed by atoms with van der Waals surface area (Å²) >= 11 is 0. The van der Waals surface area contributed by atoms with Gasteiger partial charge in [-0.2, -0.15) is 0 Å². The molecule has 0 aromatic heterocycles. The number of amides is 2. The zero-order valence-electron chi connectivity index (χ0n) is 17.8. The summed E-state index contributed by atoms with van der Waals surface area (Å²) in [4.78, 5) is 43.1. The molecule has 28 heavy (non-hydrogen) atoms. The first-order valence-electron chi connectivity index (χ1n) is 9.53. The van der Waals surface area contributed by atoms with Gasteiger partial charge in [0.1, 0.15) is 0 Å². The summed E-state index contributed by atoms with van der Waals surface area (Å²) < 4.78 is 10.5. The van der Waals surface area contributed by atoms with Gasteiger partial charge in [-0.1, -0.05) is 51.9 Å². The SMILES string of the molecule is CNC(=O)C(=O)NCCCC/C=C\CCCCCCCCCP(=O)([O-])[O-].[Na+].[Na+]. The van der Waals surface area contributed by atoms with Gasteiger partial charge in [-0.25, -0.2) is 0 Å². The number of unbranched alkanes of at least 4 members (excludes halogenated alkanes) is 9. The second kappa shape index (κ2) is 22.5. The normalized spacial score (nSPS) is 10.8. The van der Waals surface area contributed by atoms with E-state index in [9.17, 15) is 23.9 Å². The van der Waals surface area contributed by atoms with Gasteiger partial charge in [-0.15, -0.1) is 0 Å². The van der Waals surface area contributed by atoms with Crippen molar-refractivity contribution in [1.29, 1.82) is 0 Å². The van der Waals surface area contributed by atoms with Gasteiger partial charge in [0, 0.05) is 13.6 Å². The Labute approximate surface area is 214 Å². The summed E-state index contributed by atoms with van der Waals surface area (Å²) in [5.74, 6) is -1.19. The van der Waals surface area contributed by atoms with Gasteiger partial charge in [0.15, 0.2) is 0 Å². The Morgan fingerprint density at radius 1 is 0.786 bits per heavy atom. The number of likely N-dealkylation sites (N-methyl/N-ethyl adjacent to an activating group) is 1. The Hall–Kier alpha value is 0.830. The predicted molar refractivity (Wildman–Crippen MR) is 99.5 cm³/mol. The van der Waals surface area contributed by atoms with Crippen molar-refractivity contribution in [2.45, 2.75) is 70.6 Å². The molecule has 7 nitrogen and oxygen atoms in total. The zero-order valence-corrected chi connectivity index (χ0v) is 22.7. The first-order chi connectivity index (χ1) is 12.4. The summed E-state index contributed by atoms with van der Waals surface area (Å²) in [6, 6.07) is 0. The van der Waals surface area contributed by atoms with Crippen LogP contribution in [0.25, 0.3) is 0 Å². The Bertz CT molecular complexity index is 473. The van der Waals surface area contributed by atoms with Gasteiger partial charge in [0.25, 0.3) is 0 Å². The van der Waals surface area contributed by atoms with Gasteiger partial charge in [0.05, 0.1) is 0 Å². The van der Waals surface area contributed by atoms with Crippen molar-refractivity contribution in [3.05, 3.63) is 12.2 Å². The molecule has 0 aromatic carbocycles. The van der Waals surface area contributed by atoms with Crippen LogP contribution < -0.4 is 79.5 Å². The molecule has 0 rings (SSSR count). The van der Waals surface area contributed by atoms with Crippen LogP contribution in [0.15, 0.2) is 12.2 Å². The van der Waals surface area contributed by atoms with Crippen molar-refractivity contribution in [1.82, 2.24) is 10.6 Å². The molecule has 0 spiro atoms. The fourth-order valence-electron chi connectivity index (χ4n) is 2.47. The molecule has 0 heterocycles. The van der Waals surface area contributed by atoms with Crippen LogP contribution in [-0.4, -0.2) is 31.6 Å². The number of allylic oxidation sites excluding steroid dienone is 2. The molecule has 0 aliphatic heterocycles. The minimum Gasteiger partial charge on any atom is -0.811 e. The van der Waals surface area contributed by atoms with Crippen molar-refractivity contribution in [2.24, 2.45) is 0 Å². The van der Waals surface area contributed by atoms with E-state index in [1.807, 2.05) is 0 Å². The van der Waals surface area contributed by atoms with Gasteiger partial charge in [0.2, 0.25) is 0 Å². The fourth-order valence-corrected chi connectivity index (χ4v) is 3.08. The number of nitrogens with one attached hydrogen (secondary N) is 2. The quantitative estimate of drug-likeness (QED) is 0.0887. The van der Waals surface area contributed by atoms with Crippen LogP contribution in [0.2, 0.25) is 0 Å². The molecule has 2 amide bonds. The summed E-state index contributed by atoms with van der Waals surface area (Å²) in [5, 5.41) is 4.84. The minimum atomic E-state index is -4.30. The molecule has 0 saturated carbocycles. The van der Waals surface area contributed by atoms with E-state index in [2.05, 4.69) is 22.8 Å². The molecule has 0 aliphatic rings. The fraction of sp³-hybridized carbons (Fsp3) is 0.778. The van der Waals surface area contributed by atoms with Crippen molar-refractivity contribution >= 4 is 19.4 Å². The van der Waals surface area contributed by atoms with Gasteiger partial charge >= 0.3 is 70.9 Å². The topological polar surface area (TPSA) is 121 Å². The molecule has 0 saturated heterocycles. The van der Waals surface area contributed by atoms with Crippen molar-refractivity contribution < 1.29 is 83.1 Å². The van der Waals surface area contributed by atoms with E-state index in [1.54, 1.807) is 0 Å². The molecule has 10 heteroatoms. The molecular formula is C18H33N2Na2O5P. The largest absolute Gasteiger partial charge is 1.00 e. The smallest absolute Gasteiger partial charge is 0.811 e. The standard InChI is InChI=1S/C18H35N2O5P.2Na/c1-19-17(21)18(22)20-15-13-11-9-7-5-3-2-4-6-8-10-12-14-16-26(23,24)25;;/h5,7H,2-4,6,8-16H2,1H3,(H,19,21)(H,20,22)(H2,23,24,25);;/q;2*+1/p-2/b7-5-;;. The second-order valence-corrected chi connectivity index (χ2v) is 8.07. The molecule has 0 radical (unpaired) electrons. The first kappa shape index (κ1) is 33.5. The van der Waals surface area contributed by atoms with E-state index in [1.165, 1.54) is 7.05 Å². The Kier molecular flexibility index (Phi) is 26.9. The Morgan fingerprint density at radius 2 is 1.25 bits per heavy atom. The first-order valence-corrected chi connectivity index (χ1v) is 11.3. The van der Waals surface area contributed by atoms with E-state index < -0.39 is 19.4 Å². The second-order valence-electron chi connectivity index (χ2n) is 6.40. The minimum absolute atomic E-state index is 0. The summed E-state index contributed by atoms with van der Waals surface area (Å²) in [6.07, 6.45) is 14.8. The van der Waals surface area contributed by atoms with Crippen LogP contribution in [-0.2, 0) is 14.2 Å². The summed E-state index contributed by atoms with van der Waals surface area (Å²) in [7, 11) is -2.87. The molecule has 0 aliphatic carbocycles. The molecule has 0 bridgehead atoms. The average Bonchev–Trinajstić information content (AvgIpc) is 2.59. The van der Waals surface area contributed by atoms with E-state index in [-0.39, 0.29) is 65.3 Å².